The lowest BCUT2D eigenvalue weighted by Crippen LogP contribution is -2.43. The van der Waals surface area contributed by atoms with Gasteiger partial charge in [-0.25, -0.2) is 9.97 Å². The number of ether oxygens (including phenoxy) is 1. The molecule has 1 aliphatic heterocycles. The van der Waals surface area contributed by atoms with Crippen LogP contribution in [0.5, 0.6) is 0 Å². The van der Waals surface area contributed by atoms with Gasteiger partial charge in [0, 0.05) is 31.6 Å². The lowest BCUT2D eigenvalue weighted by molar-refractivity contribution is -0.0176. The molecule has 0 radical (unpaired) electrons. The van der Waals surface area contributed by atoms with Gasteiger partial charge in [-0.15, -0.1) is 0 Å². The minimum Gasteiger partial charge on any atom is -0.385 e. The van der Waals surface area contributed by atoms with Crippen LogP contribution in [-0.4, -0.2) is 39.9 Å². The van der Waals surface area contributed by atoms with Crippen LogP contribution < -0.4 is 5.32 Å². The van der Waals surface area contributed by atoms with Gasteiger partial charge in [-0.2, -0.15) is 0 Å². The topological polar surface area (TPSA) is 67.3 Å². The summed E-state index contributed by atoms with van der Waals surface area (Å²) in [6.45, 7) is 6.70. The zero-order valence-electron chi connectivity index (χ0n) is 11.5. The third-order valence-electron chi connectivity index (χ3n) is 3.67. The van der Waals surface area contributed by atoms with Gasteiger partial charge >= 0.3 is 0 Å². The third kappa shape index (κ3) is 2.99. The van der Waals surface area contributed by atoms with Crippen molar-refractivity contribution in [3.05, 3.63) is 16.5 Å². The molecule has 0 saturated carbocycles. The van der Waals surface area contributed by atoms with Crippen LogP contribution in [0.4, 0.5) is 5.82 Å². The van der Waals surface area contributed by atoms with Gasteiger partial charge in [0.2, 0.25) is 0 Å². The molecule has 2 rings (SSSR count). The minimum atomic E-state index is -0.851. The summed E-state index contributed by atoms with van der Waals surface area (Å²) in [5, 5.41) is 14.1. The highest BCUT2D eigenvalue weighted by molar-refractivity contribution is 6.30. The number of aromatic nitrogens is 2. The van der Waals surface area contributed by atoms with Crippen LogP contribution in [0.2, 0.25) is 5.15 Å². The number of hydrogen-bond acceptors (Lipinski definition) is 5. The number of hydrogen-bond donors (Lipinski definition) is 2. The highest BCUT2D eigenvalue weighted by Crippen LogP contribution is 2.27. The van der Waals surface area contributed by atoms with Crippen LogP contribution in [-0.2, 0) is 11.2 Å². The van der Waals surface area contributed by atoms with Gasteiger partial charge in [-0.05, 0) is 13.8 Å². The van der Waals surface area contributed by atoms with Gasteiger partial charge in [0.15, 0.2) is 0 Å². The SMILES string of the molecule is CCc1nc(Cl)c(C)c(NCC2(O)CCOC2C)n1. The Morgan fingerprint density at radius 2 is 2.26 bits per heavy atom. The fourth-order valence-corrected chi connectivity index (χ4v) is 2.29. The van der Waals surface area contributed by atoms with E-state index in [1.807, 2.05) is 20.8 Å². The predicted octanol–water partition coefficient (Wildman–Crippen LogP) is 1.95. The first kappa shape index (κ1) is 14.5. The van der Waals surface area contributed by atoms with Gasteiger partial charge < -0.3 is 15.2 Å². The van der Waals surface area contributed by atoms with Crippen molar-refractivity contribution < 1.29 is 9.84 Å². The Labute approximate surface area is 118 Å². The minimum absolute atomic E-state index is 0.178. The molecule has 1 fully saturated rings. The largest absolute Gasteiger partial charge is 0.385 e. The second-order valence-corrected chi connectivity index (χ2v) is 5.34. The maximum Gasteiger partial charge on any atom is 0.137 e. The van der Waals surface area contributed by atoms with Crippen LogP contribution in [0.1, 0.15) is 31.7 Å². The molecule has 1 aromatic heterocycles. The van der Waals surface area contributed by atoms with E-state index in [1.165, 1.54) is 0 Å². The molecule has 2 atom stereocenters. The maximum atomic E-state index is 10.4. The highest BCUT2D eigenvalue weighted by atomic mass is 35.5. The molecule has 0 bridgehead atoms. The van der Waals surface area contributed by atoms with Crippen LogP contribution >= 0.6 is 11.6 Å². The molecular formula is C13H20ClN3O2. The number of aliphatic hydroxyl groups is 1. The van der Waals surface area contributed by atoms with Gasteiger partial charge in [0.25, 0.3) is 0 Å². The van der Waals surface area contributed by atoms with Crippen molar-refractivity contribution in [1.29, 1.82) is 0 Å². The first-order chi connectivity index (χ1) is 8.96. The molecule has 2 heterocycles. The number of aryl methyl sites for hydroxylation is 1. The van der Waals surface area contributed by atoms with E-state index in [2.05, 4.69) is 15.3 Å². The van der Waals surface area contributed by atoms with Crippen LogP contribution in [0.25, 0.3) is 0 Å². The fourth-order valence-electron chi connectivity index (χ4n) is 2.10. The van der Waals surface area contributed by atoms with Crippen molar-refractivity contribution in [2.24, 2.45) is 0 Å². The summed E-state index contributed by atoms with van der Waals surface area (Å²) in [5.74, 6) is 1.38. The molecule has 0 spiro atoms. The third-order valence-corrected chi connectivity index (χ3v) is 4.04. The number of nitrogens with zero attached hydrogens (tertiary/aromatic N) is 2. The van der Waals surface area contributed by atoms with Crippen LogP contribution in [0.3, 0.4) is 0 Å². The molecule has 0 aromatic carbocycles. The Bertz CT molecular complexity index is 469. The Morgan fingerprint density at radius 3 is 2.84 bits per heavy atom. The summed E-state index contributed by atoms with van der Waals surface area (Å²) in [7, 11) is 0. The number of anilines is 1. The van der Waals surface area contributed by atoms with E-state index in [-0.39, 0.29) is 6.10 Å². The molecule has 0 aliphatic carbocycles. The van der Waals surface area contributed by atoms with Crippen molar-refractivity contribution in [3.63, 3.8) is 0 Å². The zero-order chi connectivity index (χ0) is 14.0. The van der Waals surface area contributed by atoms with Crippen molar-refractivity contribution >= 4 is 17.4 Å². The fraction of sp³-hybridized carbons (Fsp3) is 0.692. The van der Waals surface area contributed by atoms with E-state index in [0.717, 1.165) is 12.0 Å². The van der Waals surface area contributed by atoms with Gasteiger partial charge in [-0.3, -0.25) is 0 Å². The summed E-state index contributed by atoms with van der Waals surface area (Å²) in [5.41, 5.74) is -0.0509. The first-order valence-electron chi connectivity index (χ1n) is 6.57. The first-order valence-corrected chi connectivity index (χ1v) is 6.95. The molecular weight excluding hydrogens is 266 g/mol. The van der Waals surface area contributed by atoms with Gasteiger partial charge in [0.1, 0.15) is 22.4 Å². The monoisotopic (exact) mass is 285 g/mol. The van der Waals surface area contributed by atoms with Gasteiger partial charge in [0.05, 0.1) is 6.10 Å². The Morgan fingerprint density at radius 1 is 1.53 bits per heavy atom. The van der Waals surface area contributed by atoms with Crippen molar-refractivity contribution in [2.45, 2.75) is 45.3 Å². The van der Waals surface area contributed by atoms with E-state index >= 15 is 0 Å². The van der Waals surface area contributed by atoms with E-state index in [9.17, 15) is 5.11 Å². The molecule has 1 aliphatic rings. The second-order valence-electron chi connectivity index (χ2n) is 4.98. The smallest absolute Gasteiger partial charge is 0.137 e. The molecule has 106 valence electrons. The molecule has 0 amide bonds. The quantitative estimate of drug-likeness (QED) is 0.828. The number of rotatable bonds is 4. The summed E-state index contributed by atoms with van der Waals surface area (Å²) in [6.07, 6.45) is 1.17. The summed E-state index contributed by atoms with van der Waals surface area (Å²) in [6, 6.07) is 0. The maximum absolute atomic E-state index is 10.4. The molecule has 1 aromatic rings. The van der Waals surface area contributed by atoms with E-state index in [4.69, 9.17) is 16.3 Å². The molecule has 2 N–H and O–H groups in total. The second kappa shape index (κ2) is 5.61. The molecule has 6 heteroatoms. The molecule has 1 saturated heterocycles. The lowest BCUT2D eigenvalue weighted by Gasteiger charge is -2.26. The molecule has 2 unspecified atom stereocenters. The summed E-state index contributed by atoms with van der Waals surface area (Å²) >= 11 is 6.08. The molecule has 19 heavy (non-hydrogen) atoms. The van der Waals surface area contributed by atoms with E-state index in [1.54, 1.807) is 0 Å². The Balaban J connectivity index is 2.13. The standard InChI is InChI=1S/C13H20ClN3O2/c1-4-10-16-11(14)8(2)12(17-10)15-7-13(18)5-6-19-9(13)3/h9,18H,4-7H2,1-3H3,(H,15,16,17). The number of halogens is 1. The Hall–Kier alpha value is -0.910. The van der Waals surface area contributed by atoms with E-state index in [0.29, 0.717) is 36.4 Å². The average molecular weight is 286 g/mol. The van der Waals surface area contributed by atoms with Crippen molar-refractivity contribution in [2.75, 3.05) is 18.5 Å². The Kier molecular flexibility index (Phi) is 4.28. The summed E-state index contributed by atoms with van der Waals surface area (Å²) in [4.78, 5) is 8.60. The average Bonchev–Trinajstić information content (AvgIpc) is 2.71. The molecule has 5 nitrogen and oxygen atoms in total. The van der Waals surface area contributed by atoms with E-state index < -0.39 is 5.60 Å². The zero-order valence-corrected chi connectivity index (χ0v) is 12.3. The lowest BCUT2D eigenvalue weighted by atomic mass is 9.97. The predicted molar refractivity (Wildman–Crippen MR) is 74.6 cm³/mol. The van der Waals surface area contributed by atoms with Crippen molar-refractivity contribution in [3.8, 4) is 0 Å². The number of nitrogens with one attached hydrogen (secondary N) is 1. The van der Waals surface area contributed by atoms with Crippen LogP contribution in [0.15, 0.2) is 0 Å². The summed E-state index contributed by atoms with van der Waals surface area (Å²) < 4.78 is 5.41. The van der Waals surface area contributed by atoms with Crippen molar-refractivity contribution in [1.82, 2.24) is 9.97 Å². The highest BCUT2D eigenvalue weighted by Gasteiger charge is 2.39. The normalized spacial score (nSPS) is 26.7. The van der Waals surface area contributed by atoms with Gasteiger partial charge in [-0.1, -0.05) is 18.5 Å². The van der Waals surface area contributed by atoms with Crippen LogP contribution in [0, 0.1) is 6.92 Å².